The summed E-state index contributed by atoms with van der Waals surface area (Å²) in [5.74, 6) is 0. The van der Waals surface area contributed by atoms with Gasteiger partial charge in [-0.25, -0.2) is 13.6 Å². The Morgan fingerprint density at radius 1 is 1.10 bits per heavy atom. The third-order valence-electron chi connectivity index (χ3n) is 3.28. The molecule has 6 heteroatoms. The van der Waals surface area contributed by atoms with Gasteiger partial charge in [0.15, 0.2) is 0 Å². The fraction of sp³-hybridized carbons (Fsp3) is 0.200. The van der Waals surface area contributed by atoms with E-state index < -0.39 is 10.0 Å². The number of benzene rings is 2. The molecule has 5 N–H and O–H groups in total. The number of nitrogens with two attached hydrogens (primary N) is 2. The Labute approximate surface area is 125 Å². The molecule has 0 radical (unpaired) electrons. The highest BCUT2D eigenvalue weighted by Gasteiger charge is 2.15. The summed E-state index contributed by atoms with van der Waals surface area (Å²) < 4.78 is 23.2. The first-order valence-electron chi connectivity index (χ1n) is 6.59. The van der Waals surface area contributed by atoms with Gasteiger partial charge in [-0.2, -0.15) is 0 Å². The van der Waals surface area contributed by atoms with Crippen molar-refractivity contribution >= 4 is 15.7 Å². The number of sulfonamides is 1. The number of nitrogens with one attached hydrogen (secondary N) is 1. The van der Waals surface area contributed by atoms with Crippen molar-refractivity contribution in [2.75, 3.05) is 5.32 Å². The second kappa shape index (κ2) is 6.26. The van der Waals surface area contributed by atoms with Crippen LogP contribution in [0.2, 0.25) is 0 Å². The van der Waals surface area contributed by atoms with Gasteiger partial charge in [-0.15, -0.1) is 0 Å². The van der Waals surface area contributed by atoms with Crippen LogP contribution in [0.3, 0.4) is 0 Å². The molecule has 0 heterocycles. The van der Waals surface area contributed by atoms with Gasteiger partial charge in [-0.3, -0.25) is 0 Å². The van der Waals surface area contributed by atoms with E-state index in [0.29, 0.717) is 12.2 Å². The fourth-order valence-electron chi connectivity index (χ4n) is 2.09. The van der Waals surface area contributed by atoms with Crippen molar-refractivity contribution in [1.82, 2.24) is 0 Å². The summed E-state index contributed by atoms with van der Waals surface area (Å²) in [5, 5.41) is 8.41. The standard InChI is InChI=1S/C15H19N3O2S/c1-11(13-8-6-12(10-16)7-9-13)18-14-4-2-3-5-15(14)21(17,19)20/h2-9,11,18H,10,16H2,1H3,(H2,17,19,20). The summed E-state index contributed by atoms with van der Waals surface area (Å²) in [6, 6.07) is 14.4. The van der Waals surface area contributed by atoms with E-state index in [1.807, 2.05) is 31.2 Å². The predicted octanol–water partition coefficient (Wildman–Crippen LogP) is 1.97. The number of primary sulfonamides is 1. The van der Waals surface area contributed by atoms with E-state index in [-0.39, 0.29) is 10.9 Å². The molecule has 0 aliphatic carbocycles. The van der Waals surface area contributed by atoms with Crippen molar-refractivity contribution < 1.29 is 8.42 Å². The molecule has 0 saturated heterocycles. The number of hydrogen-bond acceptors (Lipinski definition) is 4. The smallest absolute Gasteiger partial charge is 0.240 e. The summed E-state index contributed by atoms with van der Waals surface area (Å²) in [5.41, 5.74) is 8.16. The first kappa shape index (κ1) is 15.5. The lowest BCUT2D eigenvalue weighted by molar-refractivity contribution is 0.598. The molecule has 0 aliphatic rings. The molecule has 0 aliphatic heterocycles. The minimum absolute atomic E-state index is 0.0558. The lowest BCUT2D eigenvalue weighted by atomic mass is 10.1. The number of anilines is 1. The quantitative estimate of drug-likeness (QED) is 0.786. The zero-order valence-electron chi connectivity index (χ0n) is 11.8. The number of hydrogen-bond donors (Lipinski definition) is 3. The van der Waals surface area contributed by atoms with E-state index in [2.05, 4.69) is 5.32 Å². The molecule has 5 nitrogen and oxygen atoms in total. The molecule has 2 rings (SSSR count). The summed E-state index contributed by atoms with van der Waals surface area (Å²) in [6.45, 7) is 2.45. The normalized spacial score (nSPS) is 12.9. The van der Waals surface area contributed by atoms with Crippen LogP contribution in [0, 0.1) is 0 Å². The van der Waals surface area contributed by atoms with Crippen LogP contribution in [0.5, 0.6) is 0 Å². The van der Waals surface area contributed by atoms with Crippen molar-refractivity contribution in [3.63, 3.8) is 0 Å². The van der Waals surface area contributed by atoms with Gasteiger partial charge in [0.1, 0.15) is 4.90 Å². The number of para-hydroxylation sites is 1. The molecule has 21 heavy (non-hydrogen) atoms. The molecular formula is C15H19N3O2S. The summed E-state index contributed by atoms with van der Waals surface area (Å²) in [4.78, 5) is 0.0930. The van der Waals surface area contributed by atoms with Gasteiger partial charge in [0.05, 0.1) is 5.69 Å². The van der Waals surface area contributed by atoms with Crippen LogP contribution >= 0.6 is 0 Å². The molecule has 0 amide bonds. The van der Waals surface area contributed by atoms with E-state index in [0.717, 1.165) is 11.1 Å². The predicted molar refractivity (Wildman–Crippen MR) is 84.2 cm³/mol. The van der Waals surface area contributed by atoms with Crippen molar-refractivity contribution in [2.45, 2.75) is 24.4 Å². The van der Waals surface area contributed by atoms with Crippen molar-refractivity contribution in [3.05, 3.63) is 59.7 Å². The Hall–Kier alpha value is -1.89. The van der Waals surface area contributed by atoms with Crippen LogP contribution < -0.4 is 16.2 Å². The zero-order valence-corrected chi connectivity index (χ0v) is 12.6. The molecule has 1 atom stereocenters. The molecular weight excluding hydrogens is 286 g/mol. The summed E-state index contributed by atoms with van der Waals surface area (Å²) in [7, 11) is -3.75. The van der Waals surface area contributed by atoms with Crippen LogP contribution in [0.15, 0.2) is 53.4 Å². The molecule has 1 unspecified atom stereocenters. The molecule has 0 fully saturated rings. The van der Waals surface area contributed by atoms with Crippen LogP contribution in [-0.2, 0) is 16.6 Å². The van der Waals surface area contributed by atoms with Gasteiger partial charge in [0.25, 0.3) is 0 Å². The van der Waals surface area contributed by atoms with Crippen LogP contribution in [0.1, 0.15) is 24.1 Å². The minimum atomic E-state index is -3.75. The van der Waals surface area contributed by atoms with Crippen molar-refractivity contribution in [3.8, 4) is 0 Å². The average Bonchev–Trinajstić information content (AvgIpc) is 2.47. The van der Waals surface area contributed by atoms with Crippen molar-refractivity contribution in [1.29, 1.82) is 0 Å². The zero-order chi connectivity index (χ0) is 15.5. The van der Waals surface area contributed by atoms with Crippen LogP contribution in [0.4, 0.5) is 5.69 Å². The Balaban J connectivity index is 2.25. The lowest BCUT2D eigenvalue weighted by Crippen LogP contribution is -2.16. The largest absolute Gasteiger partial charge is 0.377 e. The Morgan fingerprint density at radius 3 is 2.29 bits per heavy atom. The molecule has 112 valence electrons. The third-order valence-corrected chi connectivity index (χ3v) is 4.25. The van der Waals surface area contributed by atoms with Crippen LogP contribution in [-0.4, -0.2) is 8.42 Å². The Kier molecular flexibility index (Phi) is 4.62. The van der Waals surface area contributed by atoms with E-state index in [9.17, 15) is 8.42 Å². The monoisotopic (exact) mass is 305 g/mol. The lowest BCUT2D eigenvalue weighted by Gasteiger charge is -2.18. The van der Waals surface area contributed by atoms with Gasteiger partial charge in [0.2, 0.25) is 10.0 Å². The molecule has 2 aromatic carbocycles. The van der Waals surface area contributed by atoms with E-state index in [4.69, 9.17) is 10.9 Å². The number of rotatable bonds is 5. The molecule has 0 aromatic heterocycles. The van der Waals surface area contributed by atoms with Gasteiger partial charge in [-0.1, -0.05) is 36.4 Å². The molecule has 0 bridgehead atoms. The highest BCUT2D eigenvalue weighted by Crippen LogP contribution is 2.25. The molecule has 0 spiro atoms. The fourth-order valence-corrected chi connectivity index (χ4v) is 2.79. The van der Waals surface area contributed by atoms with Crippen LogP contribution in [0.25, 0.3) is 0 Å². The second-order valence-corrected chi connectivity index (χ2v) is 6.38. The SMILES string of the molecule is CC(Nc1ccccc1S(N)(=O)=O)c1ccc(CN)cc1. The van der Waals surface area contributed by atoms with Gasteiger partial charge in [-0.05, 0) is 30.2 Å². The van der Waals surface area contributed by atoms with Gasteiger partial charge < -0.3 is 11.1 Å². The first-order chi connectivity index (χ1) is 9.91. The highest BCUT2D eigenvalue weighted by molar-refractivity contribution is 7.89. The second-order valence-electron chi connectivity index (χ2n) is 4.85. The van der Waals surface area contributed by atoms with E-state index >= 15 is 0 Å². The van der Waals surface area contributed by atoms with Gasteiger partial charge >= 0.3 is 0 Å². The van der Waals surface area contributed by atoms with E-state index in [1.165, 1.54) is 6.07 Å². The average molecular weight is 305 g/mol. The highest BCUT2D eigenvalue weighted by atomic mass is 32.2. The topological polar surface area (TPSA) is 98.2 Å². The minimum Gasteiger partial charge on any atom is -0.377 e. The summed E-state index contributed by atoms with van der Waals surface area (Å²) >= 11 is 0. The first-order valence-corrected chi connectivity index (χ1v) is 8.13. The third kappa shape index (κ3) is 3.81. The molecule has 0 saturated carbocycles. The molecule has 2 aromatic rings. The maximum absolute atomic E-state index is 11.6. The van der Waals surface area contributed by atoms with E-state index in [1.54, 1.807) is 18.2 Å². The van der Waals surface area contributed by atoms with Gasteiger partial charge in [0, 0.05) is 12.6 Å². The van der Waals surface area contributed by atoms with Crippen molar-refractivity contribution in [2.24, 2.45) is 10.9 Å². The maximum atomic E-state index is 11.6. The Morgan fingerprint density at radius 2 is 1.71 bits per heavy atom. The maximum Gasteiger partial charge on any atom is 0.240 e. The Bertz CT molecular complexity index is 712. The summed E-state index contributed by atoms with van der Waals surface area (Å²) in [6.07, 6.45) is 0.